The molecule has 1 saturated heterocycles. The monoisotopic (exact) mass is 226 g/mol. The van der Waals surface area contributed by atoms with Crippen LogP contribution >= 0.6 is 0 Å². The second-order valence-electron chi connectivity index (χ2n) is 4.15. The Hall–Kier alpha value is -1.87. The standard InChI is InChI=1S/C14H14N2O/c1-17-11-7-5-10(6-8-11)13-14(16-13)12-4-2-3-9-15-12/h2-9,13-14,16H,1H3/t13-,14-/m0/s1. The number of nitrogens with one attached hydrogen (secondary N) is 1. The van der Waals surface area contributed by atoms with Gasteiger partial charge in [-0.15, -0.1) is 0 Å². The zero-order chi connectivity index (χ0) is 11.7. The highest BCUT2D eigenvalue weighted by Gasteiger charge is 2.39. The van der Waals surface area contributed by atoms with Crippen molar-refractivity contribution in [3.05, 3.63) is 59.9 Å². The Morgan fingerprint density at radius 1 is 1.06 bits per heavy atom. The van der Waals surface area contributed by atoms with Gasteiger partial charge in [-0.05, 0) is 29.8 Å². The molecule has 1 aliphatic rings. The van der Waals surface area contributed by atoms with E-state index in [9.17, 15) is 0 Å². The van der Waals surface area contributed by atoms with Gasteiger partial charge in [0, 0.05) is 6.20 Å². The first-order chi connectivity index (χ1) is 8.38. The highest BCUT2D eigenvalue weighted by Crippen LogP contribution is 2.41. The van der Waals surface area contributed by atoms with E-state index in [-0.39, 0.29) is 0 Å². The molecular formula is C14H14N2O. The lowest BCUT2D eigenvalue weighted by Gasteiger charge is -2.01. The maximum absolute atomic E-state index is 5.15. The predicted octanol–water partition coefficient (Wildman–Crippen LogP) is 2.48. The van der Waals surface area contributed by atoms with E-state index in [1.54, 1.807) is 7.11 Å². The van der Waals surface area contributed by atoms with Gasteiger partial charge in [0.05, 0.1) is 24.9 Å². The first kappa shape index (κ1) is 10.3. The first-order valence-electron chi connectivity index (χ1n) is 5.69. The predicted molar refractivity (Wildman–Crippen MR) is 65.8 cm³/mol. The summed E-state index contributed by atoms with van der Waals surface area (Å²) in [7, 11) is 1.68. The number of hydrogen-bond acceptors (Lipinski definition) is 3. The summed E-state index contributed by atoms with van der Waals surface area (Å²) in [4.78, 5) is 4.36. The van der Waals surface area contributed by atoms with E-state index in [4.69, 9.17) is 4.74 Å². The lowest BCUT2D eigenvalue weighted by atomic mass is 10.1. The normalized spacial score (nSPS) is 22.2. The minimum absolute atomic E-state index is 0.351. The number of pyridine rings is 1. The molecule has 0 unspecified atom stereocenters. The van der Waals surface area contributed by atoms with E-state index in [0.717, 1.165) is 11.4 Å². The van der Waals surface area contributed by atoms with Crippen molar-refractivity contribution in [2.45, 2.75) is 12.1 Å². The van der Waals surface area contributed by atoms with Gasteiger partial charge in [-0.2, -0.15) is 0 Å². The Morgan fingerprint density at radius 3 is 2.53 bits per heavy atom. The molecule has 2 aromatic rings. The van der Waals surface area contributed by atoms with Crippen molar-refractivity contribution < 1.29 is 4.74 Å². The zero-order valence-electron chi connectivity index (χ0n) is 9.63. The molecule has 1 aromatic carbocycles. The van der Waals surface area contributed by atoms with Crippen molar-refractivity contribution in [3.8, 4) is 5.75 Å². The molecule has 0 bridgehead atoms. The Morgan fingerprint density at radius 2 is 1.88 bits per heavy atom. The summed E-state index contributed by atoms with van der Waals surface area (Å²) in [5, 5.41) is 3.44. The SMILES string of the molecule is COc1ccc([C@@H]2N[C@H]2c2ccccn2)cc1. The molecule has 2 heterocycles. The summed E-state index contributed by atoms with van der Waals surface area (Å²) < 4.78 is 5.15. The third-order valence-electron chi connectivity index (χ3n) is 3.06. The third-order valence-corrected chi connectivity index (χ3v) is 3.06. The number of rotatable bonds is 3. The van der Waals surface area contributed by atoms with Crippen LogP contribution in [0.1, 0.15) is 23.3 Å². The van der Waals surface area contributed by atoms with Gasteiger partial charge in [0.1, 0.15) is 5.75 Å². The van der Waals surface area contributed by atoms with Crippen LogP contribution in [0.2, 0.25) is 0 Å². The molecule has 1 aromatic heterocycles. The molecule has 17 heavy (non-hydrogen) atoms. The molecule has 1 N–H and O–H groups in total. The second kappa shape index (κ2) is 4.18. The summed E-state index contributed by atoms with van der Waals surface area (Å²) in [6.45, 7) is 0. The van der Waals surface area contributed by atoms with E-state index in [2.05, 4.69) is 28.5 Å². The highest BCUT2D eigenvalue weighted by atomic mass is 16.5. The smallest absolute Gasteiger partial charge is 0.118 e. The summed E-state index contributed by atoms with van der Waals surface area (Å²) in [6.07, 6.45) is 1.83. The van der Waals surface area contributed by atoms with Crippen molar-refractivity contribution in [1.29, 1.82) is 0 Å². The summed E-state index contributed by atoms with van der Waals surface area (Å²) in [6, 6.07) is 14.9. The number of ether oxygens (including phenoxy) is 1. The van der Waals surface area contributed by atoms with E-state index < -0.39 is 0 Å². The van der Waals surface area contributed by atoms with Gasteiger partial charge >= 0.3 is 0 Å². The second-order valence-corrected chi connectivity index (χ2v) is 4.15. The van der Waals surface area contributed by atoms with Gasteiger partial charge in [-0.25, -0.2) is 0 Å². The molecular weight excluding hydrogens is 212 g/mol. The van der Waals surface area contributed by atoms with Crippen molar-refractivity contribution >= 4 is 0 Å². The van der Waals surface area contributed by atoms with Crippen molar-refractivity contribution in [3.63, 3.8) is 0 Å². The zero-order valence-corrected chi connectivity index (χ0v) is 9.63. The van der Waals surface area contributed by atoms with Crippen molar-refractivity contribution in [1.82, 2.24) is 10.3 Å². The largest absolute Gasteiger partial charge is 0.497 e. The molecule has 0 aliphatic carbocycles. The Kier molecular flexibility index (Phi) is 2.53. The van der Waals surface area contributed by atoms with E-state index in [0.29, 0.717) is 12.1 Å². The van der Waals surface area contributed by atoms with Gasteiger partial charge in [-0.1, -0.05) is 18.2 Å². The molecule has 0 amide bonds. The maximum atomic E-state index is 5.15. The molecule has 3 rings (SSSR count). The van der Waals surface area contributed by atoms with Crippen molar-refractivity contribution in [2.75, 3.05) is 7.11 Å². The number of nitrogens with zero attached hydrogens (tertiary/aromatic N) is 1. The molecule has 86 valence electrons. The lowest BCUT2D eigenvalue weighted by Crippen LogP contribution is -1.88. The topological polar surface area (TPSA) is 44.1 Å². The molecule has 2 atom stereocenters. The number of aromatic nitrogens is 1. The van der Waals surface area contributed by atoms with Crippen LogP contribution in [-0.4, -0.2) is 12.1 Å². The van der Waals surface area contributed by atoms with E-state index >= 15 is 0 Å². The Bertz CT molecular complexity index is 495. The van der Waals surface area contributed by atoms with E-state index in [1.165, 1.54) is 5.56 Å². The minimum Gasteiger partial charge on any atom is -0.497 e. The van der Waals surface area contributed by atoms with Gasteiger partial charge in [-0.3, -0.25) is 10.3 Å². The molecule has 0 saturated carbocycles. The highest BCUT2D eigenvalue weighted by molar-refractivity contribution is 5.35. The molecule has 0 spiro atoms. The van der Waals surface area contributed by atoms with E-state index in [1.807, 2.05) is 30.5 Å². The van der Waals surface area contributed by atoms with Gasteiger partial charge in [0.15, 0.2) is 0 Å². The lowest BCUT2D eigenvalue weighted by molar-refractivity contribution is 0.414. The van der Waals surface area contributed by atoms with Gasteiger partial charge in [0.25, 0.3) is 0 Å². The first-order valence-corrected chi connectivity index (χ1v) is 5.69. The van der Waals surface area contributed by atoms with Crippen LogP contribution in [0.5, 0.6) is 5.75 Å². The fourth-order valence-corrected chi connectivity index (χ4v) is 2.05. The Balaban J connectivity index is 1.76. The maximum Gasteiger partial charge on any atom is 0.118 e. The number of methoxy groups -OCH3 is 1. The van der Waals surface area contributed by atoms with Crippen LogP contribution in [0.15, 0.2) is 48.7 Å². The Labute approximate surface area is 100 Å². The average molecular weight is 226 g/mol. The fourth-order valence-electron chi connectivity index (χ4n) is 2.05. The fraction of sp³-hybridized carbons (Fsp3) is 0.214. The van der Waals surface area contributed by atoms with Crippen LogP contribution in [0.3, 0.4) is 0 Å². The quantitative estimate of drug-likeness (QED) is 0.818. The average Bonchev–Trinajstić information content (AvgIpc) is 3.20. The molecule has 1 fully saturated rings. The number of benzene rings is 1. The van der Waals surface area contributed by atoms with Crippen LogP contribution in [0.25, 0.3) is 0 Å². The van der Waals surface area contributed by atoms with Gasteiger partial charge in [0.2, 0.25) is 0 Å². The minimum atomic E-state index is 0.351. The van der Waals surface area contributed by atoms with Crippen LogP contribution in [0.4, 0.5) is 0 Å². The summed E-state index contributed by atoms with van der Waals surface area (Å²) >= 11 is 0. The third kappa shape index (κ3) is 2.01. The van der Waals surface area contributed by atoms with Crippen molar-refractivity contribution in [2.24, 2.45) is 0 Å². The molecule has 3 nitrogen and oxygen atoms in total. The van der Waals surface area contributed by atoms with Crippen LogP contribution in [0, 0.1) is 0 Å². The summed E-state index contributed by atoms with van der Waals surface area (Å²) in [5.74, 6) is 0.892. The van der Waals surface area contributed by atoms with Crippen LogP contribution in [-0.2, 0) is 0 Å². The molecule has 3 heteroatoms. The summed E-state index contributed by atoms with van der Waals surface area (Å²) in [5.41, 5.74) is 2.38. The molecule has 1 aliphatic heterocycles. The molecule has 0 radical (unpaired) electrons. The number of hydrogen-bond donors (Lipinski definition) is 1. The van der Waals surface area contributed by atoms with Gasteiger partial charge < -0.3 is 4.74 Å². The van der Waals surface area contributed by atoms with Crippen LogP contribution < -0.4 is 10.1 Å².